The predicted octanol–water partition coefficient (Wildman–Crippen LogP) is 3.56. The third-order valence-corrected chi connectivity index (χ3v) is 2.86. The molecule has 2 rings (SSSR count). The van der Waals surface area contributed by atoms with Gasteiger partial charge in [0.05, 0.1) is 21.3 Å². The Hall–Kier alpha value is -1.90. The minimum atomic E-state index is -4.63. The second-order valence-corrected chi connectivity index (χ2v) is 4.38. The summed E-state index contributed by atoms with van der Waals surface area (Å²) in [7, 11) is 0. The van der Waals surface area contributed by atoms with Gasteiger partial charge in [-0.25, -0.2) is 4.68 Å². The van der Waals surface area contributed by atoms with Gasteiger partial charge in [-0.15, -0.1) is 0 Å². The van der Waals surface area contributed by atoms with Gasteiger partial charge in [-0.2, -0.15) is 18.3 Å². The van der Waals surface area contributed by atoms with Gasteiger partial charge in [-0.05, 0) is 22.0 Å². The van der Waals surface area contributed by atoms with E-state index in [4.69, 9.17) is 0 Å². The van der Waals surface area contributed by atoms with Crippen LogP contribution in [0.4, 0.5) is 18.9 Å². The molecule has 9 heteroatoms. The summed E-state index contributed by atoms with van der Waals surface area (Å²) >= 11 is 2.76. The number of nitro benzene ring substituents is 1. The number of benzene rings is 1. The first-order valence-corrected chi connectivity index (χ1v) is 5.65. The Morgan fingerprint density at radius 1 is 1.37 bits per heavy atom. The molecule has 0 saturated carbocycles. The Labute approximate surface area is 112 Å². The zero-order valence-corrected chi connectivity index (χ0v) is 10.6. The maximum atomic E-state index is 12.9. The molecule has 0 aliphatic heterocycles. The number of alkyl halides is 3. The minimum Gasteiger partial charge on any atom is -0.258 e. The number of nitrogens with zero attached hydrogens (tertiary/aromatic N) is 3. The molecule has 0 aliphatic carbocycles. The molecule has 0 fully saturated rings. The highest BCUT2D eigenvalue weighted by Gasteiger charge is 2.38. The van der Waals surface area contributed by atoms with Crippen LogP contribution >= 0.6 is 15.9 Å². The monoisotopic (exact) mass is 335 g/mol. The molecule has 0 unspecified atom stereocenters. The lowest BCUT2D eigenvalue weighted by molar-refractivity contribution is -0.384. The van der Waals surface area contributed by atoms with Crippen LogP contribution in [-0.2, 0) is 6.18 Å². The lowest BCUT2D eigenvalue weighted by Gasteiger charge is -2.10. The van der Waals surface area contributed by atoms with Gasteiger partial charge in [0.15, 0.2) is 5.69 Å². The summed E-state index contributed by atoms with van der Waals surface area (Å²) in [6.45, 7) is 0. The molecule has 0 atom stereocenters. The molecular formula is C10H5BrF3N3O2. The molecule has 2 aromatic rings. The van der Waals surface area contributed by atoms with E-state index in [0.717, 1.165) is 12.3 Å². The Bertz CT molecular complexity index is 639. The van der Waals surface area contributed by atoms with Crippen molar-refractivity contribution in [3.63, 3.8) is 0 Å². The molecule has 0 saturated heterocycles. The first-order valence-electron chi connectivity index (χ1n) is 4.86. The third-order valence-electron chi connectivity index (χ3n) is 2.28. The van der Waals surface area contributed by atoms with E-state index in [1.54, 1.807) is 0 Å². The average molecular weight is 336 g/mol. The molecule has 0 radical (unpaired) electrons. The van der Waals surface area contributed by atoms with E-state index < -0.39 is 16.8 Å². The van der Waals surface area contributed by atoms with E-state index in [9.17, 15) is 23.3 Å². The second-order valence-electron chi connectivity index (χ2n) is 3.53. The molecule has 19 heavy (non-hydrogen) atoms. The van der Waals surface area contributed by atoms with Crippen molar-refractivity contribution in [2.45, 2.75) is 6.18 Å². The number of aromatic nitrogens is 2. The first-order chi connectivity index (χ1) is 8.80. The predicted molar refractivity (Wildman–Crippen MR) is 62.9 cm³/mol. The van der Waals surface area contributed by atoms with Gasteiger partial charge in [0, 0.05) is 12.1 Å². The molecule has 1 aromatic carbocycles. The van der Waals surface area contributed by atoms with E-state index in [1.807, 2.05) is 0 Å². The largest absolute Gasteiger partial charge is 0.434 e. The zero-order chi connectivity index (χ0) is 14.2. The fourth-order valence-corrected chi connectivity index (χ4v) is 2.00. The number of nitro groups is 1. The van der Waals surface area contributed by atoms with Crippen molar-refractivity contribution in [3.8, 4) is 5.69 Å². The topological polar surface area (TPSA) is 61.0 Å². The van der Waals surface area contributed by atoms with Crippen LogP contribution in [-0.4, -0.2) is 14.7 Å². The quantitative estimate of drug-likeness (QED) is 0.622. The highest BCUT2D eigenvalue weighted by Crippen LogP contribution is 2.36. The van der Waals surface area contributed by atoms with Gasteiger partial charge in [0.25, 0.3) is 5.69 Å². The van der Waals surface area contributed by atoms with E-state index in [2.05, 4.69) is 21.0 Å². The van der Waals surface area contributed by atoms with Crippen molar-refractivity contribution in [3.05, 3.63) is 50.7 Å². The smallest absolute Gasteiger partial charge is 0.258 e. The van der Waals surface area contributed by atoms with Gasteiger partial charge in [0.1, 0.15) is 0 Å². The Morgan fingerprint density at radius 2 is 2.05 bits per heavy atom. The van der Waals surface area contributed by atoms with E-state index in [0.29, 0.717) is 4.68 Å². The minimum absolute atomic E-state index is 0.0350. The average Bonchev–Trinajstić information content (AvgIpc) is 2.71. The van der Waals surface area contributed by atoms with Gasteiger partial charge in [-0.1, -0.05) is 6.07 Å². The molecule has 1 aromatic heterocycles. The normalized spacial score (nSPS) is 11.6. The summed E-state index contributed by atoms with van der Waals surface area (Å²) in [6.07, 6.45) is -3.64. The number of hydrogen-bond donors (Lipinski definition) is 0. The van der Waals surface area contributed by atoms with Crippen molar-refractivity contribution in [2.24, 2.45) is 0 Å². The maximum Gasteiger partial charge on any atom is 0.434 e. The molecule has 1 heterocycles. The van der Waals surface area contributed by atoms with Gasteiger partial charge in [-0.3, -0.25) is 10.1 Å². The van der Waals surface area contributed by atoms with E-state index >= 15 is 0 Å². The summed E-state index contributed by atoms with van der Waals surface area (Å²) in [5.74, 6) is 0. The number of rotatable bonds is 2. The second kappa shape index (κ2) is 4.65. The molecule has 5 nitrogen and oxygen atoms in total. The highest BCUT2D eigenvalue weighted by molar-refractivity contribution is 9.10. The van der Waals surface area contributed by atoms with Crippen LogP contribution in [0.5, 0.6) is 0 Å². The van der Waals surface area contributed by atoms with Crippen LogP contribution in [0.15, 0.2) is 34.9 Å². The molecular weight excluding hydrogens is 331 g/mol. The number of non-ortho nitro benzene ring substituents is 1. The molecule has 0 aliphatic rings. The Balaban J connectivity index is 2.60. The van der Waals surface area contributed by atoms with Gasteiger partial charge < -0.3 is 0 Å². The summed E-state index contributed by atoms with van der Waals surface area (Å²) < 4.78 is 39.0. The highest BCUT2D eigenvalue weighted by atomic mass is 79.9. The maximum absolute atomic E-state index is 12.9. The van der Waals surface area contributed by atoms with Crippen LogP contribution in [0.3, 0.4) is 0 Å². The number of hydrogen-bond acceptors (Lipinski definition) is 3. The van der Waals surface area contributed by atoms with Crippen LogP contribution < -0.4 is 0 Å². The summed E-state index contributed by atoms with van der Waals surface area (Å²) in [5, 5.41) is 14.2. The van der Waals surface area contributed by atoms with Crippen molar-refractivity contribution in [2.75, 3.05) is 0 Å². The fourth-order valence-electron chi connectivity index (χ4n) is 1.52. The number of halogens is 4. The summed E-state index contributed by atoms with van der Waals surface area (Å²) in [6, 6.07) is 4.81. The van der Waals surface area contributed by atoms with Crippen LogP contribution in [0.25, 0.3) is 5.69 Å². The molecule has 100 valence electrons. The summed E-state index contributed by atoms with van der Waals surface area (Å²) in [4.78, 5) is 9.93. The van der Waals surface area contributed by atoms with Crippen molar-refractivity contribution in [1.82, 2.24) is 9.78 Å². The molecule has 0 N–H and O–H groups in total. The first kappa shape index (κ1) is 13.5. The van der Waals surface area contributed by atoms with Crippen molar-refractivity contribution < 1.29 is 18.1 Å². The summed E-state index contributed by atoms with van der Waals surface area (Å²) in [5.41, 5.74) is -1.36. The van der Waals surface area contributed by atoms with Gasteiger partial charge in [0.2, 0.25) is 0 Å². The van der Waals surface area contributed by atoms with Crippen LogP contribution in [0, 0.1) is 10.1 Å². The molecule has 0 bridgehead atoms. The van der Waals surface area contributed by atoms with Crippen molar-refractivity contribution >= 4 is 21.6 Å². The molecule has 0 spiro atoms. The van der Waals surface area contributed by atoms with Crippen LogP contribution in [0.1, 0.15) is 5.69 Å². The lowest BCUT2D eigenvalue weighted by atomic mass is 10.2. The van der Waals surface area contributed by atoms with E-state index in [1.165, 1.54) is 18.2 Å². The van der Waals surface area contributed by atoms with Crippen molar-refractivity contribution in [1.29, 1.82) is 0 Å². The van der Waals surface area contributed by atoms with Gasteiger partial charge >= 0.3 is 6.18 Å². The third kappa shape index (κ3) is 2.60. The standard InChI is InChI=1S/C10H5BrF3N3O2/c11-8-5-15-16(9(8)10(12,13)14)6-2-1-3-7(4-6)17(18)19/h1-5H. The molecule has 0 amide bonds. The fraction of sp³-hybridized carbons (Fsp3) is 0.100. The Morgan fingerprint density at radius 3 is 2.63 bits per heavy atom. The van der Waals surface area contributed by atoms with Crippen LogP contribution in [0.2, 0.25) is 0 Å². The van der Waals surface area contributed by atoms with E-state index in [-0.39, 0.29) is 15.8 Å². The SMILES string of the molecule is O=[N+]([O-])c1cccc(-n2ncc(Br)c2C(F)(F)F)c1. The Kier molecular flexibility index (Phi) is 3.31. The zero-order valence-electron chi connectivity index (χ0n) is 9.06. The lowest BCUT2D eigenvalue weighted by Crippen LogP contribution is -2.14.